The number of halogens is 1. The Balaban J connectivity index is 2.16. The standard InChI is InChI=1S/C19H15ClN2O6/c1-26-18(24)12-4-5-13(19(25)27-2)15(8-12)22-17(23)10-28-16-6-3-11(9-21)7-14(16)20/h3-8H,10H2,1-2H3,(H,22,23). The molecule has 144 valence electrons. The van der Waals surface area contributed by atoms with Gasteiger partial charge in [-0.25, -0.2) is 9.59 Å². The summed E-state index contributed by atoms with van der Waals surface area (Å²) in [7, 11) is 2.40. The first-order chi connectivity index (χ1) is 13.4. The van der Waals surface area contributed by atoms with Crippen LogP contribution in [0.5, 0.6) is 5.75 Å². The number of nitrogens with zero attached hydrogens (tertiary/aromatic N) is 1. The Morgan fingerprint density at radius 3 is 2.39 bits per heavy atom. The molecule has 0 radical (unpaired) electrons. The lowest BCUT2D eigenvalue weighted by molar-refractivity contribution is -0.118. The van der Waals surface area contributed by atoms with Gasteiger partial charge in [0.2, 0.25) is 0 Å². The Morgan fingerprint density at radius 1 is 1.07 bits per heavy atom. The fraction of sp³-hybridized carbons (Fsp3) is 0.158. The SMILES string of the molecule is COC(=O)c1ccc(C(=O)OC)c(NC(=O)COc2ccc(C#N)cc2Cl)c1. The van der Waals surface area contributed by atoms with E-state index in [1.165, 1.54) is 50.6 Å². The Kier molecular flexibility index (Phi) is 6.96. The number of methoxy groups -OCH3 is 2. The third-order valence-electron chi connectivity index (χ3n) is 3.54. The molecule has 1 N–H and O–H groups in total. The van der Waals surface area contributed by atoms with Gasteiger partial charge in [0.1, 0.15) is 5.75 Å². The van der Waals surface area contributed by atoms with E-state index in [1.54, 1.807) is 0 Å². The van der Waals surface area contributed by atoms with Gasteiger partial charge in [-0.1, -0.05) is 11.6 Å². The van der Waals surface area contributed by atoms with Crippen molar-refractivity contribution in [2.24, 2.45) is 0 Å². The average Bonchev–Trinajstić information content (AvgIpc) is 2.71. The van der Waals surface area contributed by atoms with E-state index < -0.39 is 24.5 Å². The number of hydrogen-bond acceptors (Lipinski definition) is 7. The zero-order valence-electron chi connectivity index (χ0n) is 14.9. The van der Waals surface area contributed by atoms with Crippen LogP contribution < -0.4 is 10.1 Å². The second-order valence-corrected chi connectivity index (χ2v) is 5.74. The molecule has 2 aromatic rings. The summed E-state index contributed by atoms with van der Waals surface area (Å²) < 4.78 is 14.6. The highest BCUT2D eigenvalue weighted by Crippen LogP contribution is 2.25. The average molecular weight is 403 g/mol. The number of esters is 2. The lowest BCUT2D eigenvalue weighted by Crippen LogP contribution is -2.22. The Morgan fingerprint density at radius 2 is 1.79 bits per heavy atom. The van der Waals surface area contributed by atoms with Crippen LogP contribution >= 0.6 is 11.6 Å². The molecule has 2 aromatic carbocycles. The maximum Gasteiger partial charge on any atom is 0.339 e. The first kappa shape index (κ1) is 20.7. The molecule has 2 rings (SSSR count). The molecule has 8 nitrogen and oxygen atoms in total. The van der Waals surface area contributed by atoms with Crippen molar-refractivity contribution >= 4 is 35.1 Å². The van der Waals surface area contributed by atoms with Crippen LogP contribution in [0.15, 0.2) is 36.4 Å². The van der Waals surface area contributed by atoms with Crippen molar-refractivity contribution in [1.29, 1.82) is 5.26 Å². The predicted octanol–water partition coefficient (Wildman–Crippen LogP) is 2.80. The van der Waals surface area contributed by atoms with Gasteiger partial charge in [-0.3, -0.25) is 4.79 Å². The Hall–Kier alpha value is -3.57. The van der Waals surface area contributed by atoms with E-state index in [-0.39, 0.29) is 27.6 Å². The van der Waals surface area contributed by atoms with Crippen molar-refractivity contribution in [3.8, 4) is 11.8 Å². The van der Waals surface area contributed by atoms with Gasteiger partial charge in [-0.05, 0) is 36.4 Å². The van der Waals surface area contributed by atoms with Crippen molar-refractivity contribution in [3.63, 3.8) is 0 Å². The van der Waals surface area contributed by atoms with Gasteiger partial charge in [0, 0.05) is 0 Å². The zero-order chi connectivity index (χ0) is 20.7. The van der Waals surface area contributed by atoms with Crippen molar-refractivity contribution in [2.45, 2.75) is 0 Å². The summed E-state index contributed by atoms with van der Waals surface area (Å²) >= 11 is 5.99. The smallest absolute Gasteiger partial charge is 0.339 e. The molecule has 1 amide bonds. The van der Waals surface area contributed by atoms with Gasteiger partial charge in [0.15, 0.2) is 6.61 Å². The minimum atomic E-state index is -0.692. The minimum Gasteiger partial charge on any atom is -0.482 e. The van der Waals surface area contributed by atoms with Gasteiger partial charge >= 0.3 is 11.9 Å². The summed E-state index contributed by atoms with van der Waals surface area (Å²) in [5, 5.41) is 11.5. The molecule has 0 atom stereocenters. The first-order valence-corrected chi connectivity index (χ1v) is 8.20. The maximum absolute atomic E-state index is 12.2. The number of anilines is 1. The Bertz CT molecular complexity index is 967. The van der Waals surface area contributed by atoms with Gasteiger partial charge in [-0.15, -0.1) is 0 Å². The van der Waals surface area contributed by atoms with Crippen LogP contribution in [0, 0.1) is 11.3 Å². The summed E-state index contributed by atoms with van der Waals surface area (Å²) in [6.45, 7) is -0.422. The zero-order valence-corrected chi connectivity index (χ0v) is 15.7. The van der Waals surface area contributed by atoms with Crippen LogP contribution in [0.2, 0.25) is 5.02 Å². The van der Waals surface area contributed by atoms with E-state index in [9.17, 15) is 14.4 Å². The Labute approximate surface area is 165 Å². The topological polar surface area (TPSA) is 115 Å². The number of ether oxygens (including phenoxy) is 3. The largest absolute Gasteiger partial charge is 0.482 e. The van der Waals surface area contributed by atoms with Gasteiger partial charge in [0.05, 0.1) is 47.7 Å². The highest BCUT2D eigenvalue weighted by molar-refractivity contribution is 6.32. The summed E-state index contributed by atoms with van der Waals surface area (Å²) in [6, 6.07) is 10.3. The van der Waals surface area contributed by atoms with E-state index >= 15 is 0 Å². The molecule has 0 aliphatic rings. The molecule has 28 heavy (non-hydrogen) atoms. The molecule has 0 unspecified atom stereocenters. The number of amides is 1. The number of nitrogens with one attached hydrogen (secondary N) is 1. The normalized spacial score (nSPS) is 9.79. The van der Waals surface area contributed by atoms with Crippen LogP contribution in [0.4, 0.5) is 5.69 Å². The first-order valence-electron chi connectivity index (χ1n) is 7.82. The number of hydrogen-bond donors (Lipinski definition) is 1. The molecule has 9 heteroatoms. The number of benzene rings is 2. The van der Waals surface area contributed by atoms with E-state index in [0.717, 1.165) is 0 Å². The molecule has 0 fully saturated rings. The van der Waals surface area contributed by atoms with Crippen LogP contribution in [0.1, 0.15) is 26.3 Å². The number of nitriles is 1. The number of rotatable bonds is 6. The maximum atomic E-state index is 12.2. The van der Waals surface area contributed by atoms with Gasteiger partial charge < -0.3 is 19.5 Å². The quantitative estimate of drug-likeness (QED) is 0.738. The molecular formula is C19H15ClN2O6. The van der Waals surface area contributed by atoms with Gasteiger partial charge in [-0.2, -0.15) is 5.26 Å². The third-order valence-corrected chi connectivity index (χ3v) is 3.84. The van der Waals surface area contributed by atoms with Gasteiger partial charge in [0.25, 0.3) is 5.91 Å². The molecule has 0 bridgehead atoms. The number of carbonyl (C=O) groups is 3. The minimum absolute atomic E-state index is 0.0555. The van der Waals surface area contributed by atoms with E-state index in [2.05, 4.69) is 14.8 Å². The molecule has 0 spiro atoms. The summed E-state index contributed by atoms with van der Waals surface area (Å²) in [5.74, 6) is -1.71. The van der Waals surface area contributed by atoms with Crippen LogP contribution in [0.25, 0.3) is 0 Å². The summed E-state index contributed by atoms with van der Waals surface area (Å²) in [4.78, 5) is 35.8. The summed E-state index contributed by atoms with van der Waals surface area (Å²) in [6.07, 6.45) is 0. The highest BCUT2D eigenvalue weighted by Gasteiger charge is 2.18. The molecule has 0 aromatic heterocycles. The van der Waals surface area contributed by atoms with Crippen molar-refractivity contribution < 1.29 is 28.6 Å². The van der Waals surface area contributed by atoms with Crippen molar-refractivity contribution in [1.82, 2.24) is 0 Å². The number of carbonyl (C=O) groups excluding carboxylic acids is 3. The van der Waals surface area contributed by atoms with E-state index in [1.807, 2.05) is 6.07 Å². The molecule has 0 aliphatic carbocycles. The fourth-order valence-electron chi connectivity index (χ4n) is 2.20. The van der Waals surface area contributed by atoms with E-state index in [0.29, 0.717) is 5.56 Å². The lowest BCUT2D eigenvalue weighted by atomic mass is 10.1. The van der Waals surface area contributed by atoms with E-state index in [4.69, 9.17) is 21.6 Å². The predicted molar refractivity (Wildman–Crippen MR) is 99.4 cm³/mol. The van der Waals surface area contributed by atoms with Crippen LogP contribution in [0.3, 0.4) is 0 Å². The molecular weight excluding hydrogens is 388 g/mol. The lowest BCUT2D eigenvalue weighted by Gasteiger charge is -2.12. The monoisotopic (exact) mass is 402 g/mol. The van der Waals surface area contributed by atoms with Crippen molar-refractivity contribution in [2.75, 3.05) is 26.1 Å². The third kappa shape index (κ3) is 4.99. The van der Waals surface area contributed by atoms with Crippen molar-refractivity contribution in [3.05, 3.63) is 58.1 Å². The molecule has 0 saturated carbocycles. The second kappa shape index (κ2) is 9.39. The fourth-order valence-corrected chi connectivity index (χ4v) is 2.43. The molecule has 0 aliphatic heterocycles. The molecule has 0 saturated heterocycles. The second-order valence-electron chi connectivity index (χ2n) is 5.34. The van der Waals surface area contributed by atoms with Crippen LogP contribution in [-0.2, 0) is 14.3 Å². The molecule has 0 heterocycles. The van der Waals surface area contributed by atoms with Crippen LogP contribution in [-0.4, -0.2) is 38.7 Å². The highest BCUT2D eigenvalue weighted by atomic mass is 35.5. The summed E-state index contributed by atoms with van der Waals surface area (Å²) in [5.41, 5.74) is 0.611.